The van der Waals surface area contributed by atoms with Gasteiger partial charge in [0.15, 0.2) is 0 Å². The Morgan fingerprint density at radius 1 is 0.778 bits per heavy atom. The molecule has 27 heavy (non-hydrogen) atoms. The van der Waals surface area contributed by atoms with Crippen LogP contribution in [0.5, 0.6) is 0 Å². The summed E-state index contributed by atoms with van der Waals surface area (Å²) in [6.07, 6.45) is 14.0. The maximum absolute atomic E-state index is 6.16. The van der Waals surface area contributed by atoms with Crippen molar-refractivity contribution in [3.8, 4) is 0 Å². The molecular weight excluding hydrogens is 340 g/mol. The van der Waals surface area contributed by atoms with Crippen molar-refractivity contribution in [3.63, 3.8) is 0 Å². The van der Waals surface area contributed by atoms with Crippen molar-refractivity contribution in [1.82, 2.24) is 0 Å². The zero-order chi connectivity index (χ0) is 20.4. The van der Waals surface area contributed by atoms with Crippen LogP contribution in [0.1, 0.15) is 86.0 Å². The molecule has 0 aromatic heterocycles. The molecule has 0 aromatic rings. The van der Waals surface area contributed by atoms with Crippen LogP contribution in [0.3, 0.4) is 0 Å². The zero-order valence-electron chi connectivity index (χ0n) is 18.9. The summed E-state index contributed by atoms with van der Waals surface area (Å²) in [5, 5.41) is 0. The number of allylic oxidation sites excluding steroid dienone is 2. The first-order chi connectivity index (χ1) is 13.2. The quantitative estimate of drug-likeness (QED) is 0.147. The van der Waals surface area contributed by atoms with E-state index in [1.165, 1.54) is 32.1 Å². The molecule has 2 unspecified atom stereocenters. The highest BCUT2D eigenvalue weighted by Gasteiger charge is 2.45. The molecule has 0 fully saturated rings. The number of rotatable bonds is 19. The summed E-state index contributed by atoms with van der Waals surface area (Å²) in [6.45, 7) is 12.8. The van der Waals surface area contributed by atoms with E-state index in [1.807, 2.05) is 20.8 Å². The molecule has 0 saturated carbocycles. The van der Waals surface area contributed by atoms with Crippen LogP contribution in [-0.2, 0) is 18.9 Å². The lowest BCUT2D eigenvalue weighted by molar-refractivity contribution is -0.407. The summed E-state index contributed by atoms with van der Waals surface area (Å²) in [5.74, 6) is -0.451. The molecular formula is C23H46O4. The standard InChI is InChI=1S/C23H46O4/c1-7-12-13-14-15-18-21(17-8-2)22(19-16-20-24-6)23(25-9-3,26-10-4)27-11-5/h8,17,21-22H,7,9-16,18-20H2,1-6H3. The van der Waals surface area contributed by atoms with Crippen molar-refractivity contribution < 1.29 is 18.9 Å². The van der Waals surface area contributed by atoms with Crippen LogP contribution in [0, 0.1) is 11.8 Å². The Labute approximate surface area is 169 Å². The van der Waals surface area contributed by atoms with Gasteiger partial charge in [-0.3, -0.25) is 0 Å². The van der Waals surface area contributed by atoms with E-state index in [1.54, 1.807) is 7.11 Å². The van der Waals surface area contributed by atoms with Gasteiger partial charge in [0.1, 0.15) is 0 Å². The average molecular weight is 387 g/mol. The van der Waals surface area contributed by atoms with Gasteiger partial charge in [0.2, 0.25) is 0 Å². The van der Waals surface area contributed by atoms with Gasteiger partial charge in [0, 0.05) is 39.5 Å². The third-order valence-electron chi connectivity index (χ3n) is 4.95. The van der Waals surface area contributed by atoms with E-state index < -0.39 is 5.97 Å². The van der Waals surface area contributed by atoms with Crippen molar-refractivity contribution in [2.24, 2.45) is 11.8 Å². The molecule has 0 spiro atoms. The Bertz CT molecular complexity index is 326. The summed E-state index contributed by atoms with van der Waals surface area (Å²) in [4.78, 5) is 0. The molecule has 4 heteroatoms. The van der Waals surface area contributed by atoms with Gasteiger partial charge in [-0.25, -0.2) is 0 Å². The maximum Gasteiger partial charge on any atom is 0.286 e. The average Bonchev–Trinajstić information content (AvgIpc) is 2.65. The van der Waals surface area contributed by atoms with Crippen LogP contribution in [-0.4, -0.2) is 39.5 Å². The second kappa shape index (κ2) is 17.7. The van der Waals surface area contributed by atoms with Crippen LogP contribution in [0.25, 0.3) is 0 Å². The van der Waals surface area contributed by atoms with Crippen LogP contribution in [0.2, 0.25) is 0 Å². The highest BCUT2D eigenvalue weighted by atomic mass is 16.9. The lowest BCUT2D eigenvalue weighted by Crippen LogP contribution is -2.49. The molecule has 4 nitrogen and oxygen atoms in total. The minimum atomic E-state index is -0.973. The third kappa shape index (κ3) is 10.6. The van der Waals surface area contributed by atoms with Gasteiger partial charge in [-0.2, -0.15) is 0 Å². The topological polar surface area (TPSA) is 36.9 Å². The third-order valence-corrected chi connectivity index (χ3v) is 4.95. The van der Waals surface area contributed by atoms with E-state index in [0.29, 0.717) is 25.7 Å². The lowest BCUT2D eigenvalue weighted by atomic mass is 9.82. The molecule has 0 bridgehead atoms. The number of methoxy groups -OCH3 is 1. The summed E-state index contributed by atoms with van der Waals surface area (Å²) in [7, 11) is 1.76. The predicted octanol–water partition coefficient (Wildman–Crippen LogP) is 6.35. The highest BCUT2D eigenvalue weighted by molar-refractivity contribution is 4.93. The summed E-state index contributed by atoms with van der Waals surface area (Å²) in [5.41, 5.74) is 0. The molecule has 0 radical (unpaired) electrons. The Morgan fingerprint density at radius 2 is 1.37 bits per heavy atom. The Kier molecular flexibility index (Phi) is 17.4. The van der Waals surface area contributed by atoms with Gasteiger partial charge in [-0.1, -0.05) is 51.2 Å². The van der Waals surface area contributed by atoms with Gasteiger partial charge in [0.25, 0.3) is 5.97 Å². The summed E-state index contributed by atoms with van der Waals surface area (Å²) in [6, 6.07) is 0. The van der Waals surface area contributed by atoms with E-state index >= 15 is 0 Å². The van der Waals surface area contributed by atoms with Crippen molar-refractivity contribution >= 4 is 0 Å². The van der Waals surface area contributed by atoms with Crippen molar-refractivity contribution in [2.75, 3.05) is 33.5 Å². The summed E-state index contributed by atoms with van der Waals surface area (Å²) >= 11 is 0. The molecule has 0 aliphatic rings. The van der Waals surface area contributed by atoms with Crippen molar-refractivity contribution in [2.45, 2.75) is 92.0 Å². The second-order valence-corrected chi connectivity index (χ2v) is 7.04. The molecule has 0 saturated heterocycles. The molecule has 0 rings (SSSR count). The maximum atomic E-state index is 6.16. The van der Waals surface area contributed by atoms with Crippen molar-refractivity contribution in [1.29, 1.82) is 0 Å². The molecule has 0 aliphatic heterocycles. The fourth-order valence-electron chi connectivity index (χ4n) is 3.81. The van der Waals surface area contributed by atoms with E-state index in [0.717, 1.165) is 25.9 Å². The van der Waals surface area contributed by atoms with Gasteiger partial charge in [0.05, 0.1) is 0 Å². The van der Waals surface area contributed by atoms with E-state index in [4.69, 9.17) is 18.9 Å². The van der Waals surface area contributed by atoms with Gasteiger partial charge in [-0.05, 0) is 52.9 Å². The number of unbranched alkanes of at least 4 members (excludes halogenated alkanes) is 4. The van der Waals surface area contributed by atoms with E-state index in [-0.39, 0.29) is 5.92 Å². The van der Waals surface area contributed by atoms with Crippen molar-refractivity contribution in [3.05, 3.63) is 12.2 Å². The van der Waals surface area contributed by atoms with E-state index in [9.17, 15) is 0 Å². The number of hydrogen-bond acceptors (Lipinski definition) is 4. The van der Waals surface area contributed by atoms with Gasteiger partial charge in [-0.15, -0.1) is 0 Å². The number of ether oxygens (including phenoxy) is 4. The van der Waals surface area contributed by atoms with Crippen LogP contribution in [0.4, 0.5) is 0 Å². The summed E-state index contributed by atoms with van der Waals surface area (Å²) < 4.78 is 23.8. The molecule has 0 N–H and O–H groups in total. The molecule has 162 valence electrons. The SMILES string of the molecule is CC=CC(CCCCCCC)C(CCCOC)C(OCC)(OCC)OCC. The first kappa shape index (κ1) is 26.6. The highest BCUT2D eigenvalue weighted by Crippen LogP contribution is 2.38. The zero-order valence-corrected chi connectivity index (χ0v) is 18.9. The fourth-order valence-corrected chi connectivity index (χ4v) is 3.81. The Balaban J connectivity index is 5.44. The minimum Gasteiger partial charge on any atom is -0.385 e. The normalized spacial score (nSPS) is 14.7. The van der Waals surface area contributed by atoms with Gasteiger partial charge < -0.3 is 18.9 Å². The van der Waals surface area contributed by atoms with Crippen LogP contribution in [0.15, 0.2) is 12.2 Å². The smallest absolute Gasteiger partial charge is 0.286 e. The molecule has 0 heterocycles. The molecule has 0 amide bonds. The minimum absolute atomic E-state index is 0.148. The first-order valence-electron chi connectivity index (χ1n) is 11.2. The lowest BCUT2D eigenvalue weighted by Gasteiger charge is -2.42. The molecule has 2 atom stereocenters. The van der Waals surface area contributed by atoms with Gasteiger partial charge >= 0.3 is 0 Å². The Morgan fingerprint density at radius 3 is 1.85 bits per heavy atom. The van der Waals surface area contributed by atoms with Crippen LogP contribution >= 0.6 is 0 Å². The second-order valence-electron chi connectivity index (χ2n) is 7.04. The number of hydrogen-bond donors (Lipinski definition) is 0. The largest absolute Gasteiger partial charge is 0.385 e. The molecule has 0 aliphatic carbocycles. The Hall–Kier alpha value is -0.420. The first-order valence-corrected chi connectivity index (χ1v) is 11.2. The fraction of sp³-hybridized carbons (Fsp3) is 0.913. The predicted molar refractivity (Wildman–Crippen MR) is 114 cm³/mol. The van der Waals surface area contributed by atoms with E-state index in [2.05, 4.69) is 26.0 Å². The van der Waals surface area contributed by atoms with Crippen LogP contribution < -0.4 is 0 Å². The molecule has 0 aromatic carbocycles. The monoisotopic (exact) mass is 386 g/mol.